The van der Waals surface area contributed by atoms with Gasteiger partial charge in [0.2, 0.25) is 0 Å². The summed E-state index contributed by atoms with van der Waals surface area (Å²) in [5.74, 6) is 0. The van der Waals surface area contributed by atoms with Gasteiger partial charge in [0, 0.05) is 24.8 Å². The van der Waals surface area contributed by atoms with Gasteiger partial charge in [0.05, 0.1) is 0 Å². The van der Waals surface area contributed by atoms with Crippen LogP contribution < -0.4 is 0 Å². The Morgan fingerprint density at radius 1 is 0.568 bits per heavy atom. The molecule has 2 heterocycles. The van der Waals surface area contributed by atoms with Crippen molar-refractivity contribution in [2.24, 2.45) is 0 Å². The van der Waals surface area contributed by atoms with E-state index < -0.39 is 0 Å². The molecule has 0 unspecified atom stereocenters. The first-order valence-corrected chi connectivity index (χ1v) is 12.6. The summed E-state index contributed by atoms with van der Waals surface area (Å²) in [5, 5.41) is 9.83. The molecule has 0 radical (unpaired) electrons. The van der Waals surface area contributed by atoms with E-state index in [-0.39, 0.29) is 26.2 Å². The minimum Gasteiger partial charge on any atom is -0.657 e. The molecule has 1 aliphatic carbocycles. The first-order chi connectivity index (χ1) is 17.7. The second kappa shape index (κ2) is 18.5. The van der Waals surface area contributed by atoms with Crippen molar-refractivity contribution in [1.82, 2.24) is 9.97 Å². The van der Waals surface area contributed by atoms with Crippen LogP contribution in [0, 0.1) is 13.8 Å². The number of benzene rings is 2. The number of rotatable bonds is 6. The first-order valence-electron chi connectivity index (χ1n) is 12.6. The van der Waals surface area contributed by atoms with Gasteiger partial charge in [-0.25, -0.2) is 0 Å². The summed E-state index contributed by atoms with van der Waals surface area (Å²) in [6.07, 6.45) is 12.2. The van der Waals surface area contributed by atoms with Gasteiger partial charge in [-0.3, -0.25) is 9.97 Å². The van der Waals surface area contributed by atoms with Crippen molar-refractivity contribution in [3.63, 3.8) is 0 Å². The van der Waals surface area contributed by atoms with Crippen LogP contribution in [-0.4, -0.2) is 22.1 Å². The molecule has 2 atom stereocenters. The van der Waals surface area contributed by atoms with Gasteiger partial charge in [0.15, 0.2) is 0 Å². The van der Waals surface area contributed by atoms with Gasteiger partial charge in [0.25, 0.3) is 0 Å². The fourth-order valence-electron chi connectivity index (χ4n) is 3.90. The zero-order chi connectivity index (χ0) is 25.3. The Kier molecular flexibility index (Phi) is 15.3. The largest absolute Gasteiger partial charge is 4.00 e. The number of nitrogens with zero attached hydrogens (tertiary/aromatic N) is 4. The molecular formula is C32H36N4Zr. The van der Waals surface area contributed by atoms with E-state index in [1.54, 1.807) is 0 Å². The Morgan fingerprint density at radius 2 is 0.919 bits per heavy atom. The SMILES string of the molecule is [CH2-]c1ccccc1.[CH2-]c1ccccc1.[Zr+4].c1cc(C[N-][C@@H]2CCCC[C@H]2[N-]Cc2ccncc2)ccn1. The maximum atomic E-state index is 4.91. The van der Waals surface area contributed by atoms with Crippen LogP contribution in [0.1, 0.15) is 47.9 Å². The van der Waals surface area contributed by atoms with Crippen LogP contribution in [-0.2, 0) is 39.3 Å². The number of hydrogen-bond acceptors (Lipinski definition) is 2. The Morgan fingerprint density at radius 3 is 1.22 bits per heavy atom. The molecule has 4 nitrogen and oxygen atoms in total. The molecule has 0 N–H and O–H groups in total. The molecule has 4 aromatic rings. The topological polar surface area (TPSA) is 54.0 Å². The van der Waals surface area contributed by atoms with Crippen molar-refractivity contribution in [1.29, 1.82) is 0 Å². The van der Waals surface area contributed by atoms with Gasteiger partial charge in [0.1, 0.15) is 0 Å². The van der Waals surface area contributed by atoms with Crippen LogP contribution in [0.5, 0.6) is 0 Å². The maximum absolute atomic E-state index is 4.91. The zero-order valence-corrected chi connectivity index (χ0v) is 24.0. The van der Waals surface area contributed by atoms with Crippen LogP contribution in [0.4, 0.5) is 0 Å². The molecule has 0 saturated heterocycles. The van der Waals surface area contributed by atoms with E-state index in [1.165, 1.54) is 24.0 Å². The minimum atomic E-state index is 0. The standard InChI is InChI=1S/C18H22N4.2C7H7.Zr/c1-2-4-18(22-14-16-7-11-20-12-8-16)17(3-1)21-13-15-5-9-19-10-6-15;2*1-7-5-3-2-4-6-7;/h5-12,17-18H,1-4,13-14H2;2*2-6H,1H2;/q-2;2*-1;+4/t17-,18-;;;/m1.../s1. The Balaban J connectivity index is 0.000000262. The molecule has 1 fully saturated rings. The number of pyridine rings is 2. The normalized spacial score (nSPS) is 16.1. The third-order valence-corrected chi connectivity index (χ3v) is 5.90. The fourth-order valence-corrected chi connectivity index (χ4v) is 3.90. The van der Waals surface area contributed by atoms with E-state index in [1.807, 2.05) is 110 Å². The average Bonchev–Trinajstić information content (AvgIpc) is 2.94. The van der Waals surface area contributed by atoms with E-state index in [0.29, 0.717) is 12.1 Å². The van der Waals surface area contributed by atoms with E-state index in [2.05, 4.69) is 23.8 Å². The number of aromatic nitrogens is 2. The third kappa shape index (κ3) is 12.9. The molecule has 5 rings (SSSR count). The van der Waals surface area contributed by atoms with E-state index in [4.69, 9.17) is 10.6 Å². The van der Waals surface area contributed by atoms with Gasteiger partial charge in [-0.15, -0.1) is 37.4 Å². The Labute approximate surface area is 242 Å². The van der Waals surface area contributed by atoms with Crippen LogP contribution in [0.15, 0.2) is 110 Å². The van der Waals surface area contributed by atoms with Crippen LogP contribution in [0.3, 0.4) is 0 Å². The molecule has 37 heavy (non-hydrogen) atoms. The molecule has 0 amide bonds. The summed E-state index contributed by atoms with van der Waals surface area (Å²) in [7, 11) is 0. The summed E-state index contributed by atoms with van der Waals surface area (Å²) >= 11 is 0. The molecule has 0 aliphatic heterocycles. The summed E-state index contributed by atoms with van der Waals surface area (Å²) < 4.78 is 0. The zero-order valence-electron chi connectivity index (χ0n) is 21.5. The van der Waals surface area contributed by atoms with Crippen molar-refractivity contribution in [3.05, 3.63) is 156 Å². The van der Waals surface area contributed by atoms with E-state index in [0.717, 1.165) is 37.1 Å². The van der Waals surface area contributed by atoms with Crippen molar-refractivity contribution >= 4 is 0 Å². The summed E-state index contributed by atoms with van der Waals surface area (Å²) in [6.45, 7) is 8.99. The maximum Gasteiger partial charge on any atom is 4.00 e. The predicted octanol–water partition coefficient (Wildman–Crippen LogP) is 7.97. The van der Waals surface area contributed by atoms with Gasteiger partial charge in [-0.05, 0) is 24.3 Å². The van der Waals surface area contributed by atoms with Crippen LogP contribution >= 0.6 is 0 Å². The molecule has 1 aliphatic rings. The van der Waals surface area contributed by atoms with Gasteiger partial charge >= 0.3 is 26.2 Å². The average molecular weight is 568 g/mol. The Hall–Kier alpha value is -2.72. The minimum absolute atomic E-state index is 0. The molecule has 5 heteroatoms. The van der Waals surface area contributed by atoms with Crippen molar-refractivity contribution in [2.75, 3.05) is 0 Å². The van der Waals surface area contributed by atoms with Crippen molar-refractivity contribution < 1.29 is 26.2 Å². The van der Waals surface area contributed by atoms with Crippen molar-refractivity contribution in [3.8, 4) is 0 Å². The second-order valence-corrected chi connectivity index (χ2v) is 8.78. The molecule has 1 saturated carbocycles. The van der Waals surface area contributed by atoms with Crippen LogP contribution in [0.25, 0.3) is 10.6 Å². The summed E-state index contributed by atoms with van der Waals surface area (Å²) in [5.41, 5.74) is 4.60. The molecule has 2 aromatic heterocycles. The van der Waals surface area contributed by atoms with Crippen LogP contribution in [0.2, 0.25) is 0 Å². The van der Waals surface area contributed by atoms with E-state index in [9.17, 15) is 0 Å². The summed E-state index contributed by atoms with van der Waals surface area (Å²) in [4.78, 5) is 8.11. The molecule has 0 bridgehead atoms. The van der Waals surface area contributed by atoms with Gasteiger partial charge in [-0.1, -0.05) is 48.9 Å². The second-order valence-electron chi connectivity index (χ2n) is 8.78. The van der Waals surface area contributed by atoms with Gasteiger partial charge < -0.3 is 10.6 Å². The molecule has 0 spiro atoms. The predicted molar refractivity (Wildman–Crippen MR) is 150 cm³/mol. The third-order valence-electron chi connectivity index (χ3n) is 5.90. The monoisotopic (exact) mass is 566 g/mol. The smallest absolute Gasteiger partial charge is 0.657 e. The van der Waals surface area contributed by atoms with Crippen molar-refractivity contribution in [2.45, 2.75) is 50.9 Å². The fraction of sp³-hybridized carbons (Fsp3) is 0.250. The first kappa shape index (κ1) is 30.5. The molecule has 188 valence electrons. The molecular weight excluding hydrogens is 532 g/mol. The number of hydrogen-bond donors (Lipinski definition) is 0. The van der Waals surface area contributed by atoms with Gasteiger partial charge in [-0.2, -0.15) is 61.3 Å². The van der Waals surface area contributed by atoms with E-state index >= 15 is 0 Å². The Bertz CT molecular complexity index is 974. The quantitative estimate of drug-likeness (QED) is 0.222. The summed E-state index contributed by atoms with van der Waals surface area (Å²) in [6, 6.07) is 28.6. The molecule has 2 aromatic carbocycles.